The normalized spacial score (nSPS) is 12.8. The lowest BCUT2D eigenvalue weighted by atomic mass is 10.2. The summed E-state index contributed by atoms with van der Waals surface area (Å²) in [4.78, 5) is 17.4. The topological polar surface area (TPSA) is 65.5 Å². The minimum absolute atomic E-state index is 0.0750. The molecule has 0 aliphatic carbocycles. The molecule has 118 valence electrons. The molecule has 1 aromatic rings. The molecular weight excluding hydrogens is 284 g/mol. The summed E-state index contributed by atoms with van der Waals surface area (Å²) in [6, 6.07) is 4.32. The van der Waals surface area contributed by atoms with Crippen molar-refractivity contribution in [3.8, 4) is 0 Å². The minimum Gasteiger partial charge on any atom is -0.357 e. The van der Waals surface area contributed by atoms with Gasteiger partial charge >= 0.3 is 0 Å². The van der Waals surface area contributed by atoms with Crippen molar-refractivity contribution in [3.63, 3.8) is 0 Å². The van der Waals surface area contributed by atoms with Gasteiger partial charge in [-0.25, -0.2) is 4.99 Å². The standard InChI is InChI=1S/C15H26N4OS/c1-4-12(3)19-14(20)8-9-17-15(16-5-2)18-11-13-7-6-10-21-13/h6-7,10,12H,4-5,8-9,11H2,1-3H3,(H,19,20)(H2,16,17,18). The summed E-state index contributed by atoms with van der Waals surface area (Å²) in [5.41, 5.74) is 0. The molecule has 21 heavy (non-hydrogen) atoms. The van der Waals surface area contributed by atoms with Gasteiger partial charge in [0, 0.05) is 30.4 Å². The van der Waals surface area contributed by atoms with Gasteiger partial charge in [0.25, 0.3) is 0 Å². The molecule has 0 aliphatic rings. The third-order valence-corrected chi connectivity index (χ3v) is 3.84. The number of nitrogens with one attached hydrogen (secondary N) is 3. The average Bonchev–Trinajstić information content (AvgIpc) is 2.97. The molecule has 0 aliphatic heterocycles. The van der Waals surface area contributed by atoms with Gasteiger partial charge < -0.3 is 16.0 Å². The maximum Gasteiger partial charge on any atom is 0.221 e. The quantitative estimate of drug-likeness (QED) is 0.509. The first-order valence-corrected chi connectivity index (χ1v) is 8.37. The first-order valence-electron chi connectivity index (χ1n) is 7.49. The number of hydrogen-bond donors (Lipinski definition) is 3. The number of carbonyl (C=O) groups is 1. The van der Waals surface area contributed by atoms with Gasteiger partial charge in [-0.15, -0.1) is 11.3 Å². The van der Waals surface area contributed by atoms with Crippen LogP contribution in [0.15, 0.2) is 22.5 Å². The summed E-state index contributed by atoms with van der Waals surface area (Å²) in [6.45, 7) is 8.14. The Bertz CT molecular complexity index is 431. The third kappa shape index (κ3) is 7.70. The molecule has 1 atom stereocenters. The van der Waals surface area contributed by atoms with E-state index < -0.39 is 0 Å². The van der Waals surface area contributed by atoms with Crippen LogP contribution in [0.4, 0.5) is 0 Å². The summed E-state index contributed by atoms with van der Waals surface area (Å²) in [6.07, 6.45) is 1.40. The predicted molar refractivity (Wildman–Crippen MR) is 89.7 cm³/mol. The number of aliphatic imine (C=N–C) groups is 1. The van der Waals surface area contributed by atoms with Gasteiger partial charge in [-0.3, -0.25) is 4.79 Å². The van der Waals surface area contributed by atoms with Crippen molar-refractivity contribution in [1.29, 1.82) is 0 Å². The number of thiophene rings is 1. The Hall–Kier alpha value is -1.56. The zero-order valence-electron chi connectivity index (χ0n) is 13.1. The fraction of sp³-hybridized carbons (Fsp3) is 0.600. The van der Waals surface area contributed by atoms with Crippen molar-refractivity contribution in [2.45, 2.75) is 46.2 Å². The molecule has 0 saturated carbocycles. The summed E-state index contributed by atoms with van der Waals surface area (Å²) >= 11 is 1.69. The Balaban J connectivity index is 2.33. The molecule has 0 radical (unpaired) electrons. The zero-order valence-corrected chi connectivity index (χ0v) is 13.9. The molecule has 0 spiro atoms. The van der Waals surface area contributed by atoms with E-state index in [4.69, 9.17) is 0 Å². The van der Waals surface area contributed by atoms with E-state index in [-0.39, 0.29) is 11.9 Å². The molecule has 1 amide bonds. The summed E-state index contributed by atoms with van der Waals surface area (Å²) in [7, 11) is 0. The van der Waals surface area contributed by atoms with Crippen LogP contribution >= 0.6 is 11.3 Å². The molecule has 1 aromatic heterocycles. The van der Waals surface area contributed by atoms with Gasteiger partial charge in [0.05, 0.1) is 6.54 Å². The Morgan fingerprint density at radius 2 is 2.19 bits per heavy atom. The first-order chi connectivity index (χ1) is 10.2. The van der Waals surface area contributed by atoms with Gasteiger partial charge in [-0.05, 0) is 31.7 Å². The average molecular weight is 310 g/mol. The lowest BCUT2D eigenvalue weighted by Gasteiger charge is -2.13. The van der Waals surface area contributed by atoms with Crippen LogP contribution in [0, 0.1) is 0 Å². The van der Waals surface area contributed by atoms with E-state index >= 15 is 0 Å². The third-order valence-electron chi connectivity index (χ3n) is 2.98. The van der Waals surface area contributed by atoms with E-state index in [2.05, 4.69) is 33.9 Å². The van der Waals surface area contributed by atoms with E-state index in [1.807, 2.05) is 25.3 Å². The molecule has 3 N–H and O–H groups in total. The summed E-state index contributed by atoms with van der Waals surface area (Å²) in [5, 5.41) is 11.4. The van der Waals surface area contributed by atoms with Crippen molar-refractivity contribution in [2.75, 3.05) is 13.1 Å². The zero-order chi connectivity index (χ0) is 15.5. The van der Waals surface area contributed by atoms with E-state index in [0.717, 1.165) is 18.9 Å². The van der Waals surface area contributed by atoms with Crippen LogP contribution in [0.2, 0.25) is 0 Å². The van der Waals surface area contributed by atoms with Crippen LogP contribution in [0.3, 0.4) is 0 Å². The van der Waals surface area contributed by atoms with Gasteiger partial charge in [0.1, 0.15) is 0 Å². The molecule has 0 fully saturated rings. The van der Waals surface area contributed by atoms with Crippen molar-refractivity contribution in [2.24, 2.45) is 4.99 Å². The predicted octanol–water partition coefficient (Wildman–Crippen LogP) is 2.11. The number of rotatable bonds is 8. The van der Waals surface area contributed by atoms with Crippen molar-refractivity contribution in [3.05, 3.63) is 22.4 Å². The fourth-order valence-corrected chi connectivity index (χ4v) is 2.27. The Labute approximate surface area is 131 Å². The molecule has 0 saturated heterocycles. The molecule has 5 nitrogen and oxygen atoms in total. The van der Waals surface area contributed by atoms with Crippen molar-refractivity contribution in [1.82, 2.24) is 16.0 Å². The van der Waals surface area contributed by atoms with Crippen LogP contribution < -0.4 is 16.0 Å². The highest BCUT2D eigenvalue weighted by atomic mass is 32.1. The molecule has 1 heterocycles. The Morgan fingerprint density at radius 1 is 1.38 bits per heavy atom. The smallest absolute Gasteiger partial charge is 0.221 e. The van der Waals surface area contributed by atoms with Gasteiger partial charge in [0.15, 0.2) is 5.96 Å². The number of carbonyl (C=O) groups excluding carboxylic acids is 1. The second kappa shape index (κ2) is 10.2. The molecule has 1 rings (SSSR count). The molecule has 0 aromatic carbocycles. The summed E-state index contributed by atoms with van der Waals surface area (Å²) < 4.78 is 0. The van der Waals surface area contributed by atoms with Gasteiger partial charge in [0.2, 0.25) is 5.91 Å². The Kier molecular flexibility index (Phi) is 8.50. The minimum atomic E-state index is 0.0750. The van der Waals surface area contributed by atoms with Gasteiger partial charge in [-0.1, -0.05) is 13.0 Å². The largest absolute Gasteiger partial charge is 0.357 e. The fourth-order valence-electron chi connectivity index (χ4n) is 1.64. The molecule has 1 unspecified atom stereocenters. The lowest BCUT2D eigenvalue weighted by molar-refractivity contribution is -0.121. The first kappa shape index (κ1) is 17.5. The van der Waals surface area contributed by atoms with Crippen LogP contribution in [-0.4, -0.2) is 31.0 Å². The van der Waals surface area contributed by atoms with Crippen LogP contribution in [0.25, 0.3) is 0 Å². The highest BCUT2D eigenvalue weighted by Gasteiger charge is 2.05. The van der Waals surface area contributed by atoms with Crippen molar-refractivity contribution >= 4 is 23.2 Å². The SMILES string of the molecule is CCNC(=NCc1cccs1)NCCC(=O)NC(C)CC. The number of hydrogen-bond acceptors (Lipinski definition) is 3. The van der Waals surface area contributed by atoms with E-state index in [9.17, 15) is 4.79 Å². The van der Waals surface area contributed by atoms with Crippen LogP contribution in [-0.2, 0) is 11.3 Å². The van der Waals surface area contributed by atoms with E-state index in [0.29, 0.717) is 19.5 Å². The van der Waals surface area contributed by atoms with Crippen molar-refractivity contribution < 1.29 is 4.79 Å². The lowest BCUT2D eigenvalue weighted by Crippen LogP contribution is -2.40. The van der Waals surface area contributed by atoms with Crippen LogP contribution in [0.5, 0.6) is 0 Å². The summed E-state index contributed by atoms with van der Waals surface area (Å²) in [5.74, 6) is 0.827. The van der Waals surface area contributed by atoms with E-state index in [1.54, 1.807) is 11.3 Å². The molecule has 0 bridgehead atoms. The Morgan fingerprint density at radius 3 is 2.81 bits per heavy atom. The number of guanidine groups is 1. The molecular formula is C15H26N4OS. The maximum atomic E-state index is 11.7. The van der Waals surface area contributed by atoms with Crippen LogP contribution in [0.1, 0.15) is 38.5 Å². The number of nitrogens with zero attached hydrogens (tertiary/aromatic N) is 1. The highest BCUT2D eigenvalue weighted by molar-refractivity contribution is 7.09. The monoisotopic (exact) mass is 310 g/mol. The van der Waals surface area contributed by atoms with Gasteiger partial charge in [-0.2, -0.15) is 0 Å². The number of amides is 1. The second-order valence-corrected chi connectivity index (χ2v) is 5.86. The van der Waals surface area contributed by atoms with E-state index in [1.165, 1.54) is 4.88 Å². The highest BCUT2D eigenvalue weighted by Crippen LogP contribution is 2.09. The second-order valence-electron chi connectivity index (χ2n) is 4.83. The maximum absolute atomic E-state index is 11.7. The molecule has 6 heteroatoms.